The third kappa shape index (κ3) is 4.85. The van der Waals surface area contributed by atoms with E-state index in [1.54, 1.807) is 55.5 Å². The fraction of sp³-hybridized carbons (Fsp3) is 0.136. The lowest BCUT2D eigenvalue weighted by molar-refractivity contribution is 0.0785. The summed E-state index contributed by atoms with van der Waals surface area (Å²) < 4.78 is 23.8. The topological polar surface area (TPSA) is 38.8 Å². The Morgan fingerprint density at radius 2 is 1.56 bits per heavy atom. The Bertz CT molecular complexity index is 908. The highest BCUT2D eigenvalue weighted by molar-refractivity contribution is 5.94. The van der Waals surface area contributed by atoms with Crippen LogP contribution in [0.25, 0.3) is 0 Å². The molecule has 0 N–H and O–H groups in total. The molecule has 3 rings (SSSR count). The highest BCUT2D eigenvalue weighted by atomic mass is 19.1. The Morgan fingerprint density at radius 1 is 0.926 bits per heavy atom. The molecule has 3 aromatic carbocycles. The first-order valence-corrected chi connectivity index (χ1v) is 8.47. The van der Waals surface area contributed by atoms with Crippen LogP contribution in [0.1, 0.15) is 15.9 Å². The minimum atomic E-state index is -0.317. The average molecular weight is 365 g/mol. The molecular formula is C22H20FNO3. The van der Waals surface area contributed by atoms with Crippen LogP contribution in [0.4, 0.5) is 4.39 Å². The molecule has 5 heteroatoms. The lowest BCUT2D eigenvalue weighted by atomic mass is 10.1. The van der Waals surface area contributed by atoms with E-state index in [-0.39, 0.29) is 11.7 Å². The van der Waals surface area contributed by atoms with Gasteiger partial charge in [-0.1, -0.05) is 12.1 Å². The van der Waals surface area contributed by atoms with E-state index in [0.717, 1.165) is 11.3 Å². The van der Waals surface area contributed by atoms with Crippen LogP contribution in [0.5, 0.6) is 17.2 Å². The molecule has 0 aliphatic rings. The molecule has 0 aromatic heterocycles. The second-order valence-electron chi connectivity index (χ2n) is 6.09. The van der Waals surface area contributed by atoms with E-state index in [9.17, 15) is 9.18 Å². The van der Waals surface area contributed by atoms with Gasteiger partial charge in [-0.3, -0.25) is 4.79 Å². The lowest BCUT2D eigenvalue weighted by Crippen LogP contribution is -2.26. The number of nitrogens with zero attached hydrogens (tertiary/aromatic N) is 1. The molecule has 0 saturated heterocycles. The van der Waals surface area contributed by atoms with Crippen molar-refractivity contribution in [2.75, 3.05) is 14.2 Å². The summed E-state index contributed by atoms with van der Waals surface area (Å²) in [6.07, 6.45) is 0. The first-order valence-electron chi connectivity index (χ1n) is 8.47. The summed E-state index contributed by atoms with van der Waals surface area (Å²) >= 11 is 0. The van der Waals surface area contributed by atoms with Crippen LogP contribution in [0.3, 0.4) is 0 Å². The largest absolute Gasteiger partial charge is 0.497 e. The van der Waals surface area contributed by atoms with Gasteiger partial charge in [0.25, 0.3) is 5.91 Å². The molecule has 1 amide bonds. The van der Waals surface area contributed by atoms with Gasteiger partial charge in [-0.15, -0.1) is 0 Å². The maximum atomic E-state index is 12.9. The number of rotatable bonds is 6. The molecule has 4 nitrogen and oxygen atoms in total. The van der Waals surface area contributed by atoms with E-state index < -0.39 is 0 Å². The van der Waals surface area contributed by atoms with Crippen LogP contribution in [-0.4, -0.2) is 25.0 Å². The summed E-state index contributed by atoms with van der Waals surface area (Å²) in [6, 6.07) is 20.3. The molecule has 0 heterocycles. The van der Waals surface area contributed by atoms with E-state index in [4.69, 9.17) is 9.47 Å². The molecule has 0 atom stereocenters. The van der Waals surface area contributed by atoms with Gasteiger partial charge < -0.3 is 14.4 Å². The van der Waals surface area contributed by atoms with Gasteiger partial charge in [0.05, 0.1) is 7.11 Å². The number of carbonyl (C=O) groups is 1. The van der Waals surface area contributed by atoms with Crippen molar-refractivity contribution in [3.63, 3.8) is 0 Å². The van der Waals surface area contributed by atoms with E-state index in [2.05, 4.69) is 0 Å². The molecule has 0 fully saturated rings. The SMILES string of the molecule is COc1cccc(CN(C)C(=O)c2ccc(Oc3ccc(F)cc3)cc2)c1. The zero-order chi connectivity index (χ0) is 19.2. The molecular weight excluding hydrogens is 345 g/mol. The van der Waals surface area contributed by atoms with Gasteiger partial charge in [0, 0.05) is 19.2 Å². The van der Waals surface area contributed by atoms with Gasteiger partial charge in [0.15, 0.2) is 0 Å². The molecule has 138 valence electrons. The zero-order valence-electron chi connectivity index (χ0n) is 15.2. The third-order valence-corrected chi connectivity index (χ3v) is 4.05. The maximum Gasteiger partial charge on any atom is 0.253 e. The second-order valence-corrected chi connectivity index (χ2v) is 6.09. The average Bonchev–Trinajstić information content (AvgIpc) is 2.70. The maximum absolute atomic E-state index is 12.9. The summed E-state index contributed by atoms with van der Waals surface area (Å²) in [4.78, 5) is 14.3. The molecule has 0 unspecified atom stereocenters. The van der Waals surface area contributed by atoms with Crippen LogP contribution in [0, 0.1) is 5.82 Å². The molecule has 27 heavy (non-hydrogen) atoms. The molecule has 0 spiro atoms. The number of amides is 1. The van der Waals surface area contributed by atoms with Gasteiger partial charge in [0.1, 0.15) is 23.1 Å². The molecule has 0 saturated carbocycles. The molecule has 0 radical (unpaired) electrons. The van der Waals surface area contributed by atoms with Crippen molar-refractivity contribution in [2.45, 2.75) is 6.54 Å². The zero-order valence-corrected chi connectivity index (χ0v) is 15.2. The number of methoxy groups -OCH3 is 1. The number of halogens is 1. The first-order chi connectivity index (χ1) is 13.0. The van der Waals surface area contributed by atoms with Crippen LogP contribution in [0.2, 0.25) is 0 Å². The first kappa shape index (κ1) is 18.5. The van der Waals surface area contributed by atoms with E-state index in [1.807, 2.05) is 24.3 Å². The quantitative estimate of drug-likeness (QED) is 0.624. The van der Waals surface area contributed by atoms with Crippen molar-refractivity contribution in [2.24, 2.45) is 0 Å². The highest BCUT2D eigenvalue weighted by Gasteiger charge is 2.12. The number of hydrogen-bond acceptors (Lipinski definition) is 3. The van der Waals surface area contributed by atoms with E-state index in [0.29, 0.717) is 23.6 Å². The molecule has 0 aliphatic carbocycles. The number of benzene rings is 3. The molecule has 3 aromatic rings. The fourth-order valence-corrected chi connectivity index (χ4v) is 2.64. The number of ether oxygens (including phenoxy) is 2. The third-order valence-electron chi connectivity index (χ3n) is 4.05. The standard InChI is InChI=1S/C22H20FNO3/c1-24(15-16-4-3-5-21(14-16)26-2)22(25)17-6-10-19(11-7-17)27-20-12-8-18(23)9-13-20/h3-14H,15H2,1-2H3. The van der Waals surface area contributed by atoms with Gasteiger partial charge in [-0.25, -0.2) is 4.39 Å². The van der Waals surface area contributed by atoms with Crippen molar-refractivity contribution >= 4 is 5.91 Å². The van der Waals surface area contributed by atoms with E-state index >= 15 is 0 Å². The van der Waals surface area contributed by atoms with Crippen LogP contribution >= 0.6 is 0 Å². The van der Waals surface area contributed by atoms with Crippen molar-refractivity contribution in [3.8, 4) is 17.2 Å². The summed E-state index contributed by atoms with van der Waals surface area (Å²) in [5.74, 6) is 1.46. The van der Waals surface area contributed by atoms with Crippen molar-refractivity contribution in [1.82, 2.24) is 4.90 Å². The minimum Gasteiger partial charge on any atom is -0.497 e. The van der Waals surface area contributed by atoms with Crippen molar-refractivity contribution in [3.05, 3.63) is 89.7 Å². The van der Waals surface area contributed by atoms with E-state index in [1.165, 1.54) is 12.1 Å². The van der Waals surface area contributed by atoms with Crippen molar-refractivity contribution in [1.29, 1.82) is 0 Å². The lowest BCUT2D eigenvalue weighted by Gasteiger charge is -2.18. The normalized spacial score (nSPS) is 10.3. The minimum absolute atomic E-state index is 0.0915. The summed E-state index contributed by atoms with van der Waals surface area (Å²) in [6.45, 7) is 0.476. The van der Waals surface area contributed by atoms with Gasteiger partial charge in [-0.2, -0.15) is 0 Å². The van der Waals surface area contributed by atoms with Gasteiger partial charge in [0.2, 0.25) is 0 Å². The predicted molar refractivity (Wildman–Crippen MR) is 102 cm³/mol. The Kier molecular flexibility index (Phi) is 5.71. The smallest absolute Gasteiger partial charge is 0.253 e. The fourth-order valence-electron chi connectivity index (χ4n) is 2.64. The Morgan fingerprint density at radius 3 is 2.19 bits per heavy atom. The summed E-state index contributed by atoms with van der Waals surface area (Å²) in [5, 5.41) is 0. The van der Waals surface area contributed by atoms with Crippen molar-refractivity contribution < 1.29 is 18.7 Å². The monoisotopic (exact) mass is 365 g/mol. The van der Waals surface area contributed by atoms with Crippen LogP contribution in [0.15, 0.2) is 72.8 Å². The van der Waals surface area contributed by atoms with Crippen LogP contribution < -0.4 is 9.47 Å². The number of hydrogen-bond donors (Lipinski definition) is 0. The van der Waals surface area contributed by atoms with Gasteiger partial charge in [-0.05, 0) is 66.2 Å². The second kappa shape index (κ2) is 8.36. The Labute approximate surface area is 157 Å². The Hall–Kier alpha value is -3.34. The number of carbonyl (C=O) groups excluding carboxylic acids is 1. The Balaban J connectivity index is 1.64. The highest BCUT2D eigenvalue weighted by Crippen LogP contribution is 2.22. The summed E-state index contributed by atoms with van der Waals surface area (Å²) in [7, 11) is 3.37. The molecule has 0 aliphatic heterocycles. The summed E-state index contributed by atoms with van der Waals surface area (Å²) in [5.41, 5.74) is 1.55. The molecule has 0 bridgehead atoms. The van der Waals surface area contributed by atoms with Gasteiger partial charge >= 0.3 is 0 Å². The predicted octanol–water partition coefficient (Wildman–Crippen LogP) is 4.90. The van der Waals surface area contributed by atoms with Crippen LogP contribution in [-0.2, 0) is 6.54 Å².